The zero-order valence-corrected chi connectivity index (χ0v) is 10.3. The molecular weight excluding hydrogens is 272 g/mol. The summed E-state index contributed by atoms with van der Waals surface area (Å²) in [4.78, 5) is 11.3. The first-order valence-corrected chi connectivity index (χ1v) is 5.46. The van der Waals surface area contributed by atoms with Crippen LogP contribution in [0.4, 0.5) is 5.69 Å². The van der Waals surface area contributed by atoms with Crippen LogP contribution in [-0.2, 0) is 4.79 Å². The number of amides is 1. The number of halogens is 1. The molecule has 0 unspecified atom stereocenters. The van der Waals surface area contributed by atoms with E-state index in [9.17, 15) is 4.79 Å². The number of para-hydroxylation sites is 2. The molecule has 0 aliphatic heterocycles. The quantitative estimate of drug-likeness (QED) is 0.809. The summed E-state index contributed by atoms with van der Waals surface area (Å²) in [6.45, 7) is 3.92. The van der Waals surface area contributed by atoms with Gasteiger partial charge in [-0.15, -0.1) is 0 Å². The van der Waals surface area contributed by atoms with E-state index < -0.39 is 0 Å². The number of ether oxygens (including phenoxy) is 1. The normalized spacial score (nSPS) is 9.56. The molecule has 0 aromatic heterocycles. The van der Waals surface area contributed by atoms with Gasteiger partial charge >= 0.3 is 0 Å². The number of carbonyl (C=O) groups is 1. The van der Waals surface area contributed by atoms with Crippen molar-refractivity contribution in [3.8, 4) is 5.75 Å². The second-order valence-corrected chi connectivity index (χ2v) is 4.24. The number of nitrogens with two attached hydrogens (primary N) is 1. The van der Waals surface area contributed by atoms with Gasteiger partial charge in [-0.1, -0.05) is 34.6 Å². The van der Waals surface area contributed by atoms with Gasteiger partial charge in [-0.2, -0.15) is 0 Å². The van der Waals surface area contributed by atoms with Gasteiger partial charge in [0.25, 0.3) is 5.91 Å². The molecule has 0 aliphatic carbocycles. The molecule has 1 aromatic carbocycles. The molecule has 0 saturated carbocycles. The van der Waals surface area contributed by atoms with Gasteiger partial charge in [0.1, 0.15) is 5.75 Å². The summed E-state index contributed by atoms with van der Waals surface area (Å²) in [5.41, 5.74) is 6.16. The van der Waals surface area contributed by atoms with Gasteiger partial charge in [0.2, 0.25) is 0 Å². The Balaban J connectivity index is 2.37. The van der Waals surface area contributed by atoms with Crippen LogP contribution in [0.15, 0.2) is 35.3 Å². The van der Waals surface area contributed by atoms with Crippen LogP contribution >= 0.6 is 15.9 Å². The number of nitrogen functional groups attached to an aromatic ring is 1. The van der Waals surface area contributed by atoms with Gasteiger partial charge in [0, 0.05) is 11.0 Å². The molecule has 1 rings (SSSR count). The van der Waals surface area contributed by atoms with Gasteiger partial charge in [0.05, 0.1) is 5.69 Å². The lowest BCUT2D eigenvalue weighted by molar-refractivity contribution is -0.122. The van der Waals surface area contributed by atoms with E-state index >= 15 is 0 Å². The molecule has 3 N–H and O–H groups in total. The molecule has 4 nitrogen and oxygen atoms in total. The molecule has 0 saturated heterocycles. The van der Waals surface area contributed by atoms with Crippen LogP contribution in [0.3, 0.4) is 0 Å². The summed E-state index contributed by atoms with van der Waals surface area (Å²) in [6, 6.07) is 7.03. The highest BCUT2D eigenvalue weighted by Gasteiger charge is 2.04. The predicted molar refractivity (Wildman–Crippen MR) is 67.4 cm³/mol. The van der Waals surface area contributed by atoms with E-state index in [4.69, 9.17) is 10.5 Å². The van der Waals surface area contributed by atoms with Gasteiger partial charge in [-0.05, 0) is 12.1 Å². The van der Waals surface area contributed by atoms with E-state index in [0.29, 0.717) is 22.5 Å². The predicted octanol–water partition coefficient (Wildman–Crippen LogP) is 1.67. The Morgan fingerprint density at radius 1 is 1.50 bits per heavy atom. The average Bonchev–Trinajstić information content (AvgIpc) is 2.25. The second-order valence-electron chi connectivity index (χ2n) is 3.12. The lowest BCUT2D eigenvalue weighted by Gasteiger charge is -2.08. The Bertz CT molecular complexity index is 393. The van der Waals surface area contributed by atoms with Crippen molar-refractivity contribution in [2.45, 2.75) is 0 Å². The Kier molecular flexibility index (Phi) is 4.85. The van der Waals surface area contributed by atoms with Crippen molar-refractivity contribution in [3.63, 3.8) is 0 Å². The third kappa shape index (κ3) is 4.35. The molecule has 0 aliphatic rings. The lowest BCUT2D eigenvalue weighted by atomic mass is 10.3. The van der Waals surface area contributed by atoms with Crippen molar-refractivity contribution in [2.75, 3.05) is 18.9 Å². The molecule has 0 heterocycles. The van der Waals surface area contributed by atoms with E-state index in [1.807, 2.05) is 0 Å². The fraction of sp³-hybridized carbons (Fsp3) is 0.182. The molecule has 5 heteroatoms. The van der Waals surface area contributed by atoms with Gasteiger partial charge < -0.3 is 15.8 Å². The minimum Gasteiger partial charge on any atom is -0.482 e. The SMILES string of the molecule is C=C(Br)CNC(=O)COc1ccccc1N. The maximum Gasteiger partial charge on any atom is 0.258 e. The van der Waals surface area contributed by atoms with E-state index in [1.54, 1.807) is 24.3 Å². The molecule has 0 radical (unpaired) electrons. The van der Waals surface area contributed by atoms with E-state index in [1.165, 1.54) is 0 Å². The first-order valence-electron chi connectivity index (χ1n) is 4.67. The standard InChI is InChI=1S/C11H13BrN2O2/c1-8(12)6-14-11(15)7-16-10-5-3-2-4-9(10)13/h2-5H,1,6-7,13H2,(H,14,15). The van der Waals surface area contributed by atoms with Crippen molar-refractivity contribution < 1.29 is 9.53 Å². The number of nitrogens with one attached hydrogen (secondary N) is 1. The molecule has 1 aromatic rings. The highest BCUT2D eigenvalue weighted by molar-refractivity contribution is 9.11. The van der Waals surface area contributed by atoms with Crippen LogP contribution in [0.25, 0.3) is 0 Å². The fourth-order valence-electron chi connectivity index (χ4n) is 1.00. The summed E-state index contributed by atoms with van der Waals surface area (Å²) >= 11 is 3.14. The molecule has 0 bridgehead atoms. The number of benzene rings is 1. The number of hydrogen-bond acceptors (Lipinski definition) is 3. The van der Waals surface area contributed by atoms with Crippen LogP contribution in [0.5, 0.6) is 5.75 Å². The number of carbonyl (C=O) groups excluding carboxylic acids is 1. The Morgan fingerprint density at radius 2 is 2.19 bits per heavy atom. The van der Waals surface area contributed by atoms with E-state index in [-0.39, 0.29) is 12.5 Å². The Labute approximate surface area is 103 Å². The molecule has 86 valence electrons. The molecular formula is C11H13BrN2O2. The number of anilines is 1. The minimum atomic E-state index is -0.219. The summed E-state index contributed by atoms with van der Waals surface area (Å²) in [5, 5.41) is 2.62. The fourth-order valence-corrected chi connectivity index (χ4v) is 1.14. The van der Waals surface area contributed by atoms with Crippen LogP contribution in [-0.4, -0.2) is 19.1 Å². The molecule has 1 amide bonds. The largest absolute Gasteiger partial charge is 0.482 e. The van der Waals surface area contributed by atoms with Gasteiger partial charge in [-0.25, -0.2) is 0 Å². The summed E-state index contributed by atoms with van der Waals surface area (Å²) in [7, 11) is 0. The highest BCUT2D eigenvalue weighted by Crippen LogP contribution is 2.19. The third-order valence-corrected chi connectivity index (χ3v) is 2.04. The van der Waals surface area contributed by atoms with E-state index in [0.717, 1.165) is 0 Å². The summed E-state index contributed by atoms with van der Waals surface area (Å²) in [6.07, 6.45) is 0. The summed E-state index contributed by atoms with van der Waals surface area (Å²) in [5.74, 6) is 0.291. The molecule has 16 heavy (non-hydrogen) atoms. The first kappa shape index (κ1) is 12.6. The van der Waals surface area contributed by atoms with E-state index in [2.05, 4.69) is 27.8 Å². The number of rotatable bonds is 5. The Morgan fingerprint density at radius 3 is 2.81 bits per heavy atom. The highest BCUT2D eigenvalue weighted by atomic mass is 79.9. The molecule has 0 atom stereocenters. The molecule has 0 fully saturated rings. The van der Waals surface area contributed by atoms with Crippen molar-refractivity contribution in [1.29, 1.82) is 0 Å². The van der Waals surface area contributed by atoms with Crippen molar-refractivity contribution in [2.24, 2.45) is 0 Å². The maximum absolute atomic E-state index is 11.3. The zero-order valence-electron chi connectivity index (χ0n) is 8.70. The third-order valence-electron chi connectivity index (χ3n) is 1.76. The van der Waals surface area contributed by atoms with Crippen LogP contribution < -0.4 is 15.8 Å². The molecule has 0 spiro atoms. The lowest BCUT2D eigenvalue weighted by Crippen LogP contribution is -2.29. The minimum absolute atomic E-state index is 0.0610. The topological polar surface area (TPSA) is 64.3 Å². The van der Waals surface area contributed by atoms with Crippen LogP contribution in [0.1, 0.15) is 0 Å². The monoisotopic (exact) mass is 284 g/mol. The van der Waals surface area contributed by atoms with Gasteiger partial charge in [-0.3, -0.25) is 4.79 Å². The second kappa shape index (κ2) is 6.17. The van der Waals surface area contributed by atoms with Crippen molar-refractivity contribution in [3.05, 3.63) is 35.3 Å². The maximum atomic E-state index is 11.3. The Hall–Kier alpha value is -1.49. The first-order chi connectivity index (χ1) is 7.59. The van der Waals surface area contributed by atoms with Crippen molar-refractivity contribution >= 4 is 27.5 Å². The average molecular weight is 285 g/mol. The van der Waals surface area contributed by atoms with Crippen LogP contribution in [0.2, 0.25) is 0 Å². The summed E-state index contributed by atoms with van der Waals surface area (Å²) < 4.78 is 5.96. The smallest absolute Gasteiger partial charge is 0.258 e. The van der Waals surface area contributed by atoms with Gasteiger partial charge in [0.15, 0.2) is 6.61 Å². The zero-order chi connectivity index (χ0) is 12.0. The number of hydrogen-bond donors (Lipinski definition) is 2. The van der Waals surface area contributed by atoms with Crippen molar-refractivity contribution in [1.82, 2.24) is 5.32 Å². The van der Waals surface area contributed by atoms with Crippen LogP contribution in [0, 0.1) is 0 Å².